The minimum absolute atomic E-state index is 0.0583. The first-order chi connectivity index (χ1) is 17.1. The minimum atomic E-state index is -3.47. The molecule has 12 heteroatoms. The van der Waals surface area contributed by atoms with Crippen LogP contribution in [0.3, 0.4) is 0 Å². The SMILES string of the molecule is Cc1sc(C(=O)Nc2cccc(NS(C)(=O)=O)c2)cc1-c1ncc(F)cc1OCc1cncc(F)c1. The van der Waals surface area contributed by atoms with E-state index in [2.05, 4.69) is 20.0 Å². The highest BCUT2D eigenvalue weighted by atomic mass is 32.2. The van der Waals surface area contributed by atoms with Crippen LogP contribution in [0.4, 0.5) is 20.2 Å². The zero-order chi connectivity index (χ0) is 25.9. The lowest BCUT2D eigenvalue weighted by atomic mass is 10.1. The Morgan fingerprint density at radius 3 is 2.56 bits per heavy atom. The number of nitrogens with one attached hydrogen (secondary N) is 2. The number of nitrogens with zero attached hydrogens (tertiary/aromatic N) is 2. The van der Waals surface area contributed by atoms with Gasteiger partial charge in [-0.2, -0.15) is 0 Å². The standard InChI is InChI=1S/C24H20F2N4O4S2/c1-14-20(23-21(7-17(26)12-28-23)34-13-15-6-16(25)11-27-10-15)9-22(35-14)24(31)29-18-4-3-5-19(8-18)30-36(2,32)33/h3-12,30H,13H2,1-2H3,(H,29,31). The summed E-state index contributed by atoms with van der Waals surface area (Å²) in [6, 6.07) is 10.3. The molecule has 1 aromatic carbocycles. The number of aromatic nitrogens is 2. The summed E-state index contributed by atoms with van der Waals surface area (Å²) in [6.07, 6.45) is 4.58. The average Bonchev–Trinajstić information content (AvgIpc) is 3.18. The lowest BCUT2D eigenvalue weighted by molar-refractivity contribution is 0.103. The van der Waals surface area contributed by atoms with E-state index in [1.165, 1.54) is 35.7 Å². The van der Waals surface area contributed by atoms with Gasteiger partial charge in [0.15, 0.2) is 0 Å². The maximum atomic E-state index is 13.9. The Labute approximate surface area is 210 Å². The summed E-state index contributed by atoms with van der Waals surface area (Å²) in [6.45, 7) is 1.73. The third-order valence-corrected chi connectivity index (χ3v) is 6.45. The highest BCUT2D eigenvalue weighted by Crippen LogP contribution is 2.36. The number of carbonyl (C=O) groups excluding carboxylic acids is 1. The van der Waals surface area contributed by atoms with Gasteiger partial charge in [0.05, 0.1) is 29.2 Å². The van der Waals surface area contributed by atoms with Crippen LogP contribution in [0.2, 0.25) is 0 Å². The monoisotopic (exact) mass is 530 g/mol. The number of pyridine rings is 2. The summed E-state index contributed by atoms with van der Waals surface area (Å²) < 4.78 is 58.4. The van der Waals surface area contributed by atoms with Crippen LogP contribution in [0.1, 0.15) is 20.1 Å². The summed E-state index contributed by atoms with van der Waals surface area (Å²) in [5.41, 5.74) is 2.07. The topological polar surface area (TPSA) is 110 Å². The molecule has 0 aliphatic heterocycles. The number of hydrogen-bond acceptors (Lipinski definition) is 7. The van der Waals surface area contributed by atoms with Crippen molar-refractivity contribution in [1.29, 1.82) is 0 Å². The third-order valence-electron chi connectivity index (χ3n) is 4.80. The molecule has 0 spiro atoms. The van der Waals surface area contributed by atoms with Crippen molar-refractivity contribution in [2.45, 2.75) is 13.5 Å². The molecule has 186 valence electrons. The number of carbonyl (C=O) groups is 1. The van der Waals surface area contributed by atoms with Crippen LogP contribution in [0.5, 0.6) is 5.75 Å². The molecule has 0 aliphatic carbocycles. The second kappa shape index (κ2) is 10.4. The van der Waals surface area contributed by atoms with E-state index in [9.17, 15) is 22.0 Å². The van der Waals surface area contributed by atoms with Crippen LogP contribution in [0.25, 0.3) is 11.3 Å². The first-order valence-electron chi connectivity index (χ1n) is 10.5. The van der Waals surface area contributed by atoms with Crippen molar-refractivity contribution in [3.05, 3.63) is 88.0 Å². The number of aryl methyl sites for hydroxylation is 1. The van der Waals surface area contributed by atoms with Crippen LogP contribution in [-0.4, -0.2) is 30.5 Å². The zero-order valence-electron chi connectivity index (χ0n) is 19.1. The van der Waals surface area contributed by atoms with Crippen molar-refractivity contribution in [2.75, 3.05) is 16.3 Å². The number of thiophene rings is 1. The molecule has 8 nitrogen and oxygen atoms in total. The normalized spacial score (nSPS) is 11.2. The van der Waals surface area contributed by atoms with E-state index in [-0.39, 0.29) is 12.4 Å². The molecule has 2 N–H and O–H groups in total. The highest BCUT2D eigenvalue weighted by Gasteiger charge is 2.19. The van der Waals surface area contributed by atoms with Gasteiger partial charge in [0.2, 0.25) is 10.0 Å². The van der Waals surface area contributed by atoms with E-state index in [1.807, 2.05) is 0 Å². The maximum Gasteiger partial charge on any atom is 0.265 e. The molecule has 0 atom stereocenters. The van der Waals surface area contributed by atoms with Crippen molar-refractivity contribution in [2.24, 2.45) is 0 Å². The Morgan fingerprint density at radius 2 is 1.81 bits per heavy atom. The number of halogens is 2. The van der Waals surface area contributed by atoms with Crippen molar-refractivity contribution in [3.63, 3.8) is 0 Å². The quantitative estimate of drug-likeness (QED) is 0.332. The fourth-order valence-corrected chi connectivity index (χ4v) is 4.80. The molecule has 4 rings (SSSR count). The van der Waals surface area contributed by atoms with Gasteiger partial charge in [-0.1, -0.05) is 6.07 Å². The van der Waals surface area contributed by atoms with E-state index in [4.69, 9.17) is 4.74 Å². The molecule has 3 heterocycles. The number of hydrogen-bond donors (Lipinski definition) is 2. The van der Waals surface area contributed by atoms with Crippen LogP contribution in [0, 0.1) is 18.6 Å². The summed E-state index contributed by atoms with van der Waals surface area (Å²) in [7, 11) is -3.47. The van der Waals surface area contributed by atoms with Crippen molar-refractivity contribution < 1.29 is 26.7 Å². The summed E-state index contributed by atoms with van der Waals surface area (Å²) >= 11 is 1.21. The zero-order valence-corrected chi connectivity index (χ0v) is 20.7. The fraction of sp³-hybridized carbons (Fsp3) is 0.125. The molecule has 1 amide bonds. The number of sulfonamides is 1. The molecule has 0 radical (unpaired) electrons. The number of amides is 1. The molecule has 0 saturated heterocycles. The molecular formula is C24H20F2N4O4S2. The van der Waals surface area contributed by atoms with E-state index < -0.39 is 27.6 Å². The van der Waals surface area contributed by atoms with E-state index >= 15 is 0 Å². The predicted octanol–water partition coefficient (Wildman–Crippen LogP) is 4.99. The molecule has 0 bridgehead atoms. The molecule has 0 aliphatic rings. The lowest BCUT2D eigenvalue weighted by Gasteiger charge is -2.11. The minimum Gasteiger partial charge on any atom is -0.486 e. The van der Waals surface area contributed by atoms with E-state index in [1.54, 1.807) is 31.2 Å². The van der Waals surface area contributed by atoms with Crippen molar-refractivity contribution >= 4 is 38.6 Å². The number of anilines is 2. The van der Waals surface area contributed by atoms with Crippen molar-refractivity contribution in [3.8, 4) is 17.0 Å². The van der Waals surface area contributed by atoms with Gasteiger partial charge < -0.3 is 10.1 Å². The first-order valence-corrected chi connectivity index (χ1v) is 13.2. The van der Waals surface area contributed by atoms with Crippen LogP contribution < -0.4 is 14.8 Å². The van der Waals surface area contributed by atoms with Gasteiger partial charge in [0.25, 0.3) is 5.91 Å². The molecular weight excluding hydrogens is 510 g/mol. The molecule has 36 heavy (non-hydrogen) atoms. The summed E-state index contributed by atoms with van der Waals surface area (Å²) in [4.78, 5) is 21.9. The second-order valence-electron chi connectivity index (χ2n) is 7.79. The van der Waals surface area contributed by atoms with E-state index in [0.29, 0.717) is 33.1 Å². The summed E-state index contributed by atoms with van der Waals surface area (Å²) in [5.74, 6) is -1.41. The largest absolute Gasteiger partial charge is 0.486 e. The van der Waals surface area contributed by atoms with Gasteiger partial charge in [-0.3, -0.25) is 14.5 Å². The fourth-order valence-electron chi connectivity index (χ4n) is 3.33. The Balaban J connectivity index is 1.56. The predicted molar refractivity (Wildman–Crippen MR) is 134 cm³/mol. The number of rotatable bonds is 8. The van der Waals surface area contributed by atoms with Crippen LogP contribution >= 0.6 is 11.3 Å². The van der Waals surface area contributed by atoms with Gasteiger partial charge in [-0.25, -0.2) is 22.2 Å². The smallest absolute Gasteiger partial charge is 0.265 e. The van der Waals surface area contributed by atoms with Gasteiger partial charge in [0, 0.05) is 34.0 Å². The van der Waals surface area contributed by atoms with Gasteiger partial charge in [-0.05, 0) is 37.3 Å². The molecule has 3 aromatic heterocycles. The Morgan fingerprint density at radius 1 is 1.06 bits per heavy atom. The van der Waals surface area contributed by atoms with E-state index in [0.717, 1.165) is 23.5 Å². The Bertz CT molecular complexity index is 1540. The first kappa shape index (κ1) is 25.2. The van der Waals surface area contributed by atoms with Gasteiger partial charge >= 0.3 is 0 Å². The average molecular weight is 531 g/mol. The summed E-state index contributed by atoms with van der Waals surface area (Å²) in [5, 5.41) is 2.73. The lowest BCUT2D eigenvalue weighted by Crippen LogP contribution is -2.12. The van der Waals surface area contributed by atoms with Gasteiger partial charge in [0.1, 0.15) is 29.7 Å². The molecule has 0 saturated carbocycles. The second-order valence-corrected chi connectivity index (χ2v) is 10.8. The van der Waals surface area contributed by atoms with Crippen LogP contribution in [0.15, 0.2) is 61.1 Å². The number of benzene rings is 1. The maximum absolute atomic E-state index is 13.9. The third kappa shape index (κ3) is 6.40. The molecule has 4 aromatic rings. The number of ether oxygens (including phenoxy) is 1. The van der Waals surface area contributed by atoms with Crippen molar-refractivity contribution in [1.82, 2.24) is 9.97 Å². The van der Waals surface area contributed by atoms with Crippen LogP contribution in [-0.2, 0) is 16.6 Å². The Hall–Kier alpha value is -3.90. The Kier molecular flexibility index (Phi) is 7.27. The highest BCUT2D eigenvalue weighted by molar-refractivity contribution is 7.92. The molecule has 0 unspecified atom stereocenters. The molecule has 0 fully saturated rings. The van der Waals surface area contributed by atoms with Gasteiger partial charge in [-0.15, -0.1) is 11.3 Å².